The molecule has 3 heterocycles. The van der Waals surface area contributed by atoms with E-state index in [0.29, 0.717) is 5.69 Å². The molecular weight excluding hydrogens is 302 g/mol. The Morgan fingerprint density at radius 3 is 2.83 bits per heavy atom. The molecule has 0 saturated heterocycles. The maximum absolute atomic E-state index is 6.14. The average Bonchev–Trinajstić information content (AvgIpc) is 2.91. The highest BCUT2D eigenvalue weighted by atomic mass is 16.5. The first-order valence-electron chi connectivity index (χ1n) is 7.56. The molecule has 2 aromatic heterocycles. The number of benzene rings is 2. The van der Waals surface area contributed by atoms with Crippen molar-refractivity contribution in [3.8, 4) is 22.8 Å². The number of H-pyrrole nitrogens is 1. The van der Waals surface area contributed by atoms with Gasteiger partial charge in [0, 0.05) is 17.4 Å². The zero-order chi connectivity index (χ0) is 16.1. The normalized spacial score (nSPS) is 12.2. The van der Waals surface area contributed by atoms with Crippen molar-refractivity contribution in [2.75, 3.05) is 11.1 Å². The van der Waals surface area contributed by atoms with Gasteiger partial charge >= 0.3 is 0 Å². The molecule has 5 rings (SSSR count). The highest BCUT2D eigenvalue weighted by molar-refractivity contribution is 6.00. The summed E-state index contributed by atoms with van der Waals surface area (Å²) in [4.78, 5) is 4.40. The number of nitrogen functional groups attached to an aromatic ring is 1. The maximum atomic E-state index is 6.14. The van der Waals surface area contributed by atoms with Crippen molar-refractivity contribution in [3.05, 3.63) is 54.7 Å². The lowest BCUT2D eigenvalue weighted by atomic mass is 10.1. The molecule has 6 heteroatoms. The molecule has 0 fully saturated rings. The number of aromatic nitrogens is 3. The van der Waals surface area contributed by atoms with Crippen LogP contribution in [0.1, 0.15) is 0 Å². The van der Waals surface area contributed by atoms with Crippen LogP contribution in [0.3, 0.4) is 0 Å². The van der Waals surface area contributed by atoms with Gasteiger partial charge in [-0.1, -0.05) is 12.1 Å². The molecule has 24 heavy (non-hydrogen) atoms. The molecule has 0 saturated carbocycles. The van der Waals surface area contributed by atoms with E-state index in [0.717, 1.165) is 45.2 Å². The summed E-state index contributed by atoms with van der Waals surface area (Å²) in [5.41, 5.74) is 10.0. The Labute approximate surface area is 137 Å². The van der Waals surface area contributed by atoms with Gasteiger partial charge in [0.25, 0.3) is 0 Å². The molecule has 4 aromatic rings. The van der Waals surface area contributed by atoms with E-state index in [9.17, 15) is 0 Å². The number of nitrogens with two attached hydrogens (primary N) is 1. The van der Waals surface area contributed by atoms with Crippen LogP contribution in [0, 0.1) is 0 Å². The first-order valence-corrected chi connectivity index (χ1v) is 7.56. The summed E-state index contributed by atoms with van der Waals surface area (Å²) in [7, 11) is 0. The smallest absolute Gasteiger partial charge is 0.164 e. The summed E-state index contributed by atoms with van der Waals surface area (Å²) >= 11 is 0. The van der Waals surface area contributed by atoms with Gasteiger partial charge in [-0.3, -0.25) is 10.1 Å². The molecule has 0 aliphatic carbocycles. The molecule has 0 spiro atoms. The lowest BCUT2D eigenvalue weighted by Crippen LogP contribution is -1.91. The van der Waals surface area contributed by atoms with Gasteiger partial charge in [-0.2, -0.15) is 5.10 Å². The van der Waals surface area contributed by atoms with E-state index in [-0.39, 0.29) is 0 Å². The van der Waals surface area contributed by atoms with E-state index >= 15 is 0 Å². The molecule has 4 N–H and O–H groups in total. The Morgan fingerprint density at radius 1 is 1.00 bits per heavy atom. The van der Waals surface area contributed by atoms with Crippen molar-refractivity contribution in [1.82, 2.24) is 15.2 Å². The molecule has 2 aromatic carbocycles. The van der Waals surface area contributed by atoms with Crippen LogP contribution in [-0.4, -0.2) is 15.2 Å². The van der Waals surface area contributed by atoms with E-state index in [1.807, 2.05) is 42.5 Å². The van der Waals surface area contributed by atoms with Crippen molar-refractivity contribution < 1.29 is 4.74 Å². The predicted molar refractivity (Wildman–Crippen MR) is 93.5 cm³/mol. The van der Waals surface area contributed by atoms with Gasteiger partial charge < -0.3 is 15.8 Å². The average molecular weight is 315 g/mol. The summed E-state index contributed by atoms with van der Waals surface area (Å²) in [6.45, 7) is 0. The largest absolute Gasteiger partial charge is 0.454 e. The molecule has 1 aliphatic heterocycles. The van der Waals surface area contributed by atoms with Gasteiger partial charge in [0.15, 0.2) is 11.6 Å². The maximum Gasteiger partial charge on any atom is 0.164 e. The van der Waals surface area contributed by atoms with Crippen molar-refractivity contribution in [2.45, 2.75) is 0 Å². The summed E-state index contributed by atoms with van der Waals surface area (Å²) in [6, 6.07) is 15.4. The predicted octanol–water partition coefficient (Wildman–Crippen LogP) is 4.06. The van der Waals surface area contributed by atoms with Crippen LogP contribution in [0.2, 0.25) is 0 Å². The van der Waals surface area contributed by atoms with Crippen LogP contribution < -0.4 is 15.8 Å². The molecule has 0 unspecified atom stereocenters. The molecule has 0 bridgehead atoms. The minimum absolute atomic E-state index is 0.671. The fraction of sp³-hybridized carbons (Fsp3) is 0. The minimum atomic E-state index is 0.671. The van der Waals surface area contributed by atoms with E-state index in [2.05, 4.69) is 20.5 Å². The third kappa shape index (κ3) is 1.90. The Balaban J connectivity index is 1.75. The number of para-hydroxylation sites is 2. The van der Waals surface area contributed by atoms with Crippen LogP contribution in [0.25, 0.3) is 22.2 Å². The monoisotopic (exact) mass is 315 g/mol. The molecule has 116 valence electrons. The van der Waals surface area contributed by atoms with Crippen molar-refractivity contribution in [1.29, 1.82) is 0 Å². The molecule has 0 atom stereocenters. The number of fused-ring (bicyclic) bond motifs is 1. The summed E-state index contributed by atoms with van der Waals surface area (Å²) in [5.74, 6) is 2.24. The Morgan fingerprint density at radius 2 is 1.92 bits per heavy atom. The number of ether oxygens (including phenoxy) is 1. The van der Waals surface area contributed by atoms with E-state index in [1.165, 1.54) is 0 Å². The van der Waals surface area contributed by atoms with Gasteiger partial charge in [0.05, 0.1) is 22.3 Å². The summed E-state index contributed by atoms with van der Waals surface area (Å²) in [6.07, 6.45) is 1.70. The number of pyridine rings is 1. The minimum Gasteiger partial charge on any atom is -0.454 e. The summed E-state index contributed by atoms with van der Waals surface area (Å²) < 4.78 is 6.14. The van der Waals surface area contributed by atoms with Gasteiger partial charge in [-0.25, -0.2) is 0 Å². The second-order valence-corrected chi connectivity index (χ2v) is 5.67. The topological polar surface area (TPSA) is 88.9 Å². The fourth-order valence-electron chi connectivity index (χ4n) is 2.95. The second kappa shape index (κ2) is 4.73. The zero-order valence-electron chi connectivity index (χ0n) is 12.6. The highest BCUT2D eigenvalue weighted by Crippen LogP contribution is 2.43. The number of nitrogens with zero attached hydrogens (tertiary/aromatic N) is 2. The molecule has 6 nitrogen and oxygen atoms in total. The quantitative estimate of drug-likeness (QED) is 0.434. The van der Waals surface area contributed by atoms with Crippen molar-refractivity contribution in [3.63, 3.8) is 0 Å². The van der Waals surface area contributed by atoms with Crippen LogP contribution in [0.5, 0.6) is 11.5 Å². The highest BCUT2D eigenvalue weighted by Gasteiger charge is 2.20. The van der Waals surface area contributed by atoms with Crippen LogP contribution in [-0.2, 0) is 0 Å². The Hall–Kier alpha value is -3.54. The van der Waals surface area contributed by atoms with E-state index in [1.54, 1.807) is 12.3 Å². The summed E-state index contributed by atoms with van der Waals surface area (Å²) in [5, 5.41) is 11.7. The second-order valence-electron chi connectivity index (χ2n) is 5.67. The first kappa shape index (κ1) is 13.0. The van der Waals surface area contributed by atoms with Crippen LogP contribution in [0.4, 0.5) is 17.2 Å². The van der Waals surface area contributed by atoms with E-state index in [4.69, 9.17) is 10.5 Å². The first-order chi connectivity index (χ1) is 11.8. The SMILES string of the molecule is Nc1ccnc(-c2cc3c4c(n[nH]c4c2)Nc2ccccc2O3)c1. The van der Waals surface area contributed by atoms with Gasteiger partial charge in [0.2, 0.25) is 0 Å². The zero-order valence-corrected chi connectivity index (χ0v) is 12.6. The molecule has 0 radical (unpaired) electrons. The lowest BCUT2D eigenvalue weighted by Gasteiger charge is -2.09. The number of anilines is 3. The number of hydrogen-bond acceptors (Lipinski definition) is 5. The van der Waals surface area contributed by atoms with Crippen molar-refractivity contribution >= 4 is 28.1 Å². The van der Waals surface area contributed by atoms with Crippen molar-refractivity contribution in [2.24, 2.45) is 0 Å². The molecule has 0 amide bonds. The van der Waals surface area contributed by atoms with E-state index < -0.39 is 0 Å². The fourth-order valence-corrected chi connectivity index (χ4v) is 2.95. The Bertz CT molecular complexity index is 1090. The third-order valence-electron chi connectivity index (χ3n) is 4.07. The number of aromatic amines is 1. The van der Waals surface area contributed by atoms with Gasteiger partial charge in [-0.15, -0.1) is 0 Å². The van der Waals surface area contributed by atoms with Gasteiger partial charge in [0.1, 0.15) is 5.75 Å². The molecular formula is C18H13N5O. The standard InChI is InChI=1S/C18H13N5O/c19-11-5-6-20-13(9-11)10-7-14-17-16(8-10)24-15-4-2-1-3-12(15)21-18(17)23-22-14/h1-9H,(H2,19,20)(H2,21,22,23). The number of nitrogens with one attached hydrogen (secondary N) is 2. The van der Waals surface area contributed by atoms with Gasteiger partial charge in [-0.05, 0) is 36.4 Å². The molecule has 1 aliphatic rings. The number of hydrogen-bond donors (Lipinski definition) is 3. The number of rotatable bonds is 1. The lowest BCUT2D eigenvalue weighted by molar-refractivity contribution is 0.492. The van der Waals surface area contributed by atoms with Crippen LogP contribution in [0.15, 0.2) is 54.7 Å². The Kier molecular flexibility index (Phi) is 2.55. The third-order valence-corrected chi connectivity index (χ3v) is 4.07. The van der Waals surface area contributed by atoms with Crippen LogP contribution >= 0.6 is 0 Å².